The van der Waals surface area contributed by atoms with Crippen molar-refractivity contribution in [1.82, 2.24) is 0 Å². The molecule has 0 saturated carbocycles. The summed E-state index contributed by atoms with van der Waals surface area (Å²) >= 11 is 0. The Hall–Kier alpha value is -0.573. The molecule has 0 rings (SSSR count). The minimum Gasteiger partial charge on any atom is -0.481 e. The second-order valence-electron chi connectivity index (χ2n) is 1.05. The van der Waals surface area contributed by atoms with E-state index < -0.39 is 11.5 Å². The van der Waals surface area contributed by atoms with Crippen LogP contribution in [0.4, 0.5) is 0 Å². The van der Waals surface area contributed by atoms with E-state index in [0.29, 0.717) is 0 Å². The van der Waals surface area contributed by atoms with Gasteiger partial charge in [0.05, 0.1) is 5.54 Å². The van der Waals surface area contributed by atoms with Crippen molar-refractivity contribution < 1.29 is 9.90 Å². The van der Waals surface area contributed by atoms with Gasteiger partial charge in [0.1, 0.15) is 0 Å². The van der Waals surface area contributed by atoms with E-state index in [0.717, 1.165) is 0 Å². The maximum absolute atomic E-state index is 9.81. The zero-order valence-corrected chi connectivity index (χ0v) is 4.72. The molecule has 0 aromatic carbocycles. The van der Waals surface area contributed by atoms with Gasteiger partial charge in [-0.1, -0.05) is 6.08 Å². The van der Waals surface area contributed by atoms with E-state index in [-0.39, 0.29) is 0 Å². The normalized spacial score (nSPS) is 12.7. The van der Waals surface area contributed by atoms with Crippen LogP contribution in [-0.4, -0.2) is 21.3 Å². The molecule has 0 aliphatic rings. The van der Waals surface area contributed by atoms with Crippen LogP contribution in [0.5, 0.6) is 0 Å². The van der Waals surface area contributed by atoms with Crippen molar-refractivity contribution in [2.75, 3.05) is 0 Å². The quantitative estimate of drug-likeness (QED) is 0.410. The van der Waals surface area contributed by atoms with Gasteiger partial charge in [0.25, 0.3) is 0 Å². The summed E-state index contributed by atoms with van der Waals surface area (Å²) in [4.78, 5) is 9.81. The topological polar surface area (TPSA) is 37.3 Å². The van der Waals surface area contributed by atoms with Crippen LogP contribution >= 0.6 is 0 Å². The van der Waals surface area contributed by atoms with Gasteiger partial charge in [0.15, 0.2) is 0 Å². The number of carbonyl (C=O) groups is 1. The molecule has 0 saturated heterocycles. The van der Waals surface area contributed by atoms with E-state index in [1.54, 1.807) is 0 Å². The molecular formula is C4H5O2Si. The average Bonchev–Trinajstić information content (AvgIpc) is 1.65. The second-order valence-corrected chi connectivity index (χ2v) is 1.67. The minimum absolute atomic E-state index is 0.611. The van der Waals surface area contributed by atoms with Crippen LogP contribution in [0.25, 0.3) is 0 Å². The molecule has 0 amide bonds. The number of carboxylic acid groups (broad SMARTS) is 1. The Morgan fingerprint density at radius 3 is 2.43 bits per heavy atom. The van der Waals surface area contributed by atoms with Crippen LogP contribution in [-0.2, 0) is 4.79 Å². The molecule has 2 nitrogen and oxygen atoms in total. The van der Waals surface area contributed by atoms with E-state index in [9.17, 15) is 4.79 Å². The van der Waals surface area contributed by atoms with E-state index >= 15 is 0 Å². The summed E-state index contributed by atoms with van der Waals surface area (Å²) in [7, 11) is 2.87. The highest BCUT2D eigenvalue weighted by atomic mass is 28.1. The van der Waals surface area contributed by atoms with Gasteiger partial charge >= 0.3 is 5.97 Å². The predicted octanol–water partition coefficient (Wildman–Crippen LogP) is 0.214. The molecule has 1 N–H and O–H groups in total. The number of aliphatic carboxylic acids is 1. The Morgan fingerprint density at radius 2 is 2.43 bits per heavy atom. The molecule has 0 aromatic rings. The van der Waals surface area contributed by atoms with Gasteiger partial charge in [-0.15, -0.1) is 6.58 Å². The summed E-state index contributed by atoms with van der Waals surface area (Å²) in [5.74, 6) is -0.910. The molecule has 1 unspecified atom stereocenters. The largest absolute Gasteiger partial charge is 0.481 e. The lowest BCUT2D eigenvalue weighted by atomic mass is 10.4. The summed E-state index contributed by atoms with van der Waals surface area (Å²) in [5.41, 5.74) is -0.611. The smallest absolute Gasteiger partial charge is 0.306 e. The van der Waals surface area contributed by atoms with Gasteiger partial charge < -0.3 is 5.11 Å². The third-order valence-corrected chi connectivity index (χ3v) is 0.984. The molecular weight excluding hydrogens is 108 g/mol. The number of rotatable bonds is 2. The Balaban J connectivity index is 3.55. The first kappa shape index (κ1) is 6.43. The summed E-state index contributed by atoms with van der Waals surface area (Å²) < 4.78 is 0. The maximum Gasteiger partial charge on any atom is 0.306 e. The molecule has 0 aliphatic heterocycles. The SMILES string of the molecule is C=CC([Si])C(=O)O. The second kappa shape index (κ2) is 2.57. The van der Waals surface area contributed by atoms with Crippen molar-refractivity contribution in [3.63, 3.8) is 0 Å². The van der Waals surface area contributed by atoms with Gasteiger partial charge in [-0.25, -0.2) is 0 Å². The van der Waals surface area contributed by atoms with Crippen molar-refractivity contribution in [2.24, 2.45) is 0 Å². The van der Waals surface area contributed by atoms with Crippen molar-refractivity contribution in [3.05, 3.63) is 12.7 Å². The molecule has 0 bridgehead atoms. The van der Waals surface area contributed by atoms with Gasteiger partial charge in [0, 0.05) is 10.2 Å². The van der Waals surface area contributed by atoms with Crippen LogP contribution < -0.4 is 0 Å². The van der Waals surface area contributed by atoms with E-state index in [4.69, 9.17) is 5.11 Å². The molecule has 3 heteroatoms. The van der Waals surface area contributed by atoms with Crippen LogP contribution in [0.15, 0.2) is 12.7 Å². The Morgan fingerprint density at radius 1 is 2.00 bits per heavy atom. The molecule has 37 valence electrons. The van der Waals surface area contributed by atoms with Crippen LogP contribution in [0, 0.1) is 0 Å². The van der Waals surface area contributed by atoms with E-state index in [2.05, 4.69) is 16.8 Å². The first-order valence-electron chi connectivity index (χ1n) is 1.75. The van der Waals surface area contributed by atoms with Crippen LogP contribution in [0.2, 0.25) is 5.54 Å². The zero-order chi connectivity index (χ0) is 5.86. The highest BCUT2D eigenvalue weighted by Gasteiger charge is 2.02. The predicted molar refractivity (Wildman–Crippen MR) is 27.3 cm³/mol. The first-order chi connectivity index (χ1) is 3.18. The first-order valence-corrected chi connectivity index (χ1v) is 2.32. The molecule has 0 aliphatic carbocycles. The lowest BCUT2D eigenvalue weighted by Crippen LogP contribution is -2.02. The summed E-state index contributed by atoms with van der Waals surface area (Å²) in [5, 5.41) is 8.06. The highest BCUT2D eigenvalue weighted by molar-refractivity contribution is 6.23. The molecule has 0 fully saturated rings. The van der Waals surface area contributed by atoms with E-state index in [1.807, 2.05) is 0 Å². The van der Waals surface area contributed by atoms with Gasteiger partial charge in [-0.3, -0.25) is 4.79 Å². The lowest BCUT2D eigenvalue weighted by molar-refractivity contribution is -0.135. The van der Waals surface area contributed by atoms with Crippen LogP contribution in [0.3, 0.4) is 0 Å². The van der Waals surface area contributed by atoms with Crippen molar-refractivity contribution in [2.45, 2.75) is 5.54 Å². The minimum atomic E-state index is -0.910. The fourth-order valence-electron chi connectivity index (χ4n) is 0.101. The Bertz CT molecular complexity index is 89.7. The number of hydrogen-bond acceptors (Lipinski definition) is 1. The molecule has 7 heavy (non-hydrogen) atoms. The third-order valence-electron chi connectivity index (χ3n) is 0.502. The maximum atomic E-state index is 9.81. The number of hydrogen-bond donors (Lipinski definition) is 1. The van der Waals surface area contributed by atoms with Crippen molar-refractivity contribution in [1.29, 1.82) is 0 Å². The standard InChI is InChI=1S/C4H5O2Si/c1-2-3(7)4(5)6/h2-3H,1H2,(H,5,6). The lowest BCUT2D eigenvalue weighted by Gasteiger charge is -1.91. The highest BCUT2D eigenvalue weighted by Crippen LogP contribution is 1.95. The van der Waals surface area contributed by atoms with E-state index in [1.165, 1.54) is 6.08 Å². The fourth-order valence-corrected chi connectivity index (χ4v) is 0.101. The molecule has 0 heterocycles. The summed E-state index contributed by atoms with van der Waals surface area (Å²) in [6, 6.07) is 0. The average molecular weight is 113 g/mol. The van der Waals surface area contributed by atoms with Gasteiger partial charge in [0.2, 0.25) is 0 Å². The van der Waals surface area contributed by atoms with Crippen molar-refractivity contribution >= 4 is 16.2 Å². The number of carboxylic acids is 1. The summed E-state index contributed by atoms with van der Waals surface area (Å²) in [6.07, 6.45) is 1.30. The molecule has 3 radical (unpaired) electrons. The van der Waals surface area contributed by atoms with Crippen LogP contribution in [0.1, 0.15) is 0 Å². The monoisotopic (exact) mass is 113 g/mol. The summed E-state index contributed by atoms with van der Waals surface area (Å²) in [6.45, 7) is 3.25. The van der Waals surface area contributed by atoms with Gasteiger partial charge in [-0.05, 0) is 0 Å². The molecule has 1 atom stereocenters. The Labute approximate surface area is 45.3 Å². The third kappa shape index (κ3) is 2.16. The zero-order valence-electron chi connectivity index (χ0n) is 3.72. The fraction of sp³-hybridized carbons (Fsp3) is 0.250. The Kier molecular flexibility index (Phi) is 2.36. The van der Waals surface area contributed by atoms with Gasteiger partial charge in [-0.2, -0.15) is 0 Å². The van der Waals surface area contributed by atoms with Crippen molar-refractivity contribution in [3.8, 4) is 0 Å². The molecule has 0 aromatic heterocycles. The molecule has 0 spiro atoms.